The zero-order valence-corrected chi connectivity index (χ0v) is 23.2. The van der Waals surface area contributed by atoms with Gasteiger partial charge in [-0.1, -0.05) is 37.6 Å². The van der Waals surface area contributed by atoms with E-state index in [0.29, 0.717) is 28.8 Å². The Balaban J connectivity index is 1.48. The lowest BCUT2D eigenvalue weighted by atomic mass is 10.0. The highest BCUT2D eigenvalue weighted by atomic mass is 35.5. The maximum absolute atomic E-state index is 13.2. The second-order valence-corrected chi connectivity index (χ2v) is 10.4. The molecule has 8 nitrogen and oxygen atoms in total. The molecule has 1 aliphatic rings. The molecule has 0 spiro atoms. The Morgan fingerprint density at radius 1 is 1.26 bits per heavy atom. The van der Waals surface area contributed by atoms with E-state index in [4.69, 9.17) is 20.8 Å². The minimum Gasteiger partial charge on any atom is -0.467 e. The molecule has 1 unspecified atom stereocenters. The average molecular weight is 547 g/mol. The molecule has 0 aliphatic carbocycles. The van der Waals surface area contributed by atoms with Crippen LogP contribution in [-0.4, -0.2) is 33.8 Å². The zero-order valence-electron chi connectivity index (χ0n) is 22.5. The summed E-state index contributed by atoms with van der Waals surface area (Å²) < 4.78 is 13.0. The van der Waals surface area contributed by atoms with Gasteiger partial charge in [-0.3, -0.25) is 4.79 Å². The van der Waals surface area contributed by atoms with Crippen LogP contribution >= 0.6 is 11.6 Å². The number of aryl methyl sites for hydroxylation is 1. The van der Waals surface area contributed by atoms with Crippen LogP contribution in [0.4, 0.5) is 0 Å². The highest BCUT2D eigenvalue weighted by Crippen LogP contribution is 2.33. The minimum atomic E-state index is -0.867. The Labute approximate surface area is 233 Å². The van der Waals surface area contributed by atoms with Crippen LogP contribution in [0.2, 0.25) is 5.02 Å². The number of hydrogen-bond donors (Lipinski definition) is 0. The number of furan rings is 1. The molecule has 0 saturated heterocycles. The molecule has 39 heavy (non-hydrogen) atoms. The van der Waals surface area contributed by atoms with Gasteiger partial charge in [-0.05, 0) is 73.7 Å². The molecule has 9 heteroatoms. The number of aromatic nitrogens is 1. The van der Waals surface area contributed by atoms with Gasteiger partial charge in [0.25, 0.3) is 5.91 Å². The number of halogens is 1. The number of carbonyl (C=O) groups is 2. The molecular formula is C30H31ClN4O4. The van der Waals surface area contributed by atoms with E-state index >= 15 is 0 Å². The molecule has 3 aromatic rings. The number of nitrogens with zero attached hydrogens (tertiary/aromatic N) is 4. The quantitative estimate of drug-likeness (QED) is 0.180. The first-order valence-electron chi connectivity index (χ1n) is 12.8. The van der Waals surface area contributed by atoms with Gasteiger partial charge >= 0.3 is 5.97 Å². The number of hydrogen-bond acceptors (Lipinski definition) is 6. The molecule has 4 rings (SSSR count). The van der Waals surface area contributed by atoms with Crippen LogP contribution < -0.4 is 0 Å². The predicted octanol–water partition coefficient (Wildman–Crippen LogP) is 6.23. The van der Waals surface area contributed by atoms with Crippen LogP contribution in [0.1, 0.15) is 61.0 Å². The number of benzene rings is 1. The normalized spacial score (nSPS) is 15.4. The molecule has 1 amide bonds. The maximum atomic E-state index is 13.2. The first kappa shape index (κ1) is 27.9. The van der Waals surface area contributed by atoms with Gasteiger partial charge in [-0.15, -0.1) is 0 Å². The minimum absolute atomic E-state index is 0.179. The lowest BCUT2D eigenvalue weighted by molar-refractivity contribution is -0.149. The third-order valence-corrected chi connectivity index (χ3v) is 6.98. The second kappa shape index (κ2) is 12.2. The molecule has 1 atom stereocenters. The van der Waals surface area contributed by atoms with Crippen molar-refractivity contribution in [3.63, 3.8) is 0 Å². The molecule has 3 heterocycles. The largest absolute Gasteiger partial charge is 0.467 e. The van der Waals surface area contributed by atoms with Gasteiger partial charge in [0.2, 0.25) is 0 Å². The predicted molar refractivity (Wildman–Crippen MR) is 149 cm³/mol. The van der Waals surface area contributed by atoms with Gasteiger partial charge < -0.3 is 13.7 Å². The standard InChI is InChI=1S/C30H31ClN4O4/c1-19(2)11-12-34-20(3)14-23(21(34)4)15-24(17-32)30(37)39-18-29(36)35-27(28-6-5-13-38-28)16-26(33-35)22-7-9-25(31)10-8-22/h5-10,13-15,19,27H,11-12,16,18H2,1-4H3. The van der Waals surface area contributed by atoms with Crippen LogP contribution in [0, 0.1) is 31.1 Å². The SMILES string of the molecule is Cc1cc(C=C(C#N)C(=O)OCC(=O)N2N=C(c3ccc(Cl)cc3)CC2c2ccco2)c(C)n1CCC(C)C. The summed E-state index contributed by atoms with van der Waals surface area (Å²) in [5, 5.41) is 16.0. The molecule has 202 valence electrons. The zero-order chi connectivity index (χ0) is 28.1. The van der Waals surface area contributed by atoms with Crippen molar-refractivity contribution < 1.29 is 18.7 Å². The Bertz CT molecular complexity index is 1440. The van der Waals surface area contributed by atoms with Crippen molar-refractivity contribution in [2.24, 2.45) is 11.0 Å². The number of esters is 1. The fourth-order valence-electron chi connectivity index (χ4n) is 4.53. The fraction of sp³-hybridized carbons (Fsp3) is 0.333. The van der Waals surface area contributed by atoms with Crippen molar-refractivity contribution in [1.82, 2.24) is 9.58 Å². The van der Waals surface area contributed by atoms with Gasteiger partial charge in [0.1, 0.15) is 23.4 Å². The van der Waals surface area contributed by atoms with Crippen molar-refractivity contribution >= 4 is 35.3 Å². The van der Waals surface area contributed by atoms with E-state index in [2.05, 4.69) is 23.5 Å². The smallest absolute Gasteiger partial charge is 0.349 e. The Morgan fingerprint density at radius 2 is 2.00 bits per heavy atom. The Morgan fingerprint density at radius 3 is 2.64 bits per heavy atom. The monoisotopic (exact) mass is 546 g/mol. The van der Waals surface area contributed by atoms with Gasteiger partial charge in [0, 0.05) is 29.4 Å². The average Bonchev–Trinajstić information content (AvgIpc) is 3.65. The summed E-state index contributed by atoms with van der Waals surface area (Å²) in [6.07, 6.45) is 4.48. The van der Waals surface area contributed by atoms with E-state index in [0.717, 1.165) is 35.5 Å². The first-order valence-corrected chi connectivity index (χ1v) is 13.2. The van der Waals surface area contributed by atoms with Gasteiger partial charge in [-0.25, -0.2) is 9.80 Å². The highest BCUT2D eigenvalue weighted by Gasteiger charge is 2.35. The van der Waals surface area contributed by atoms with Crippen LogP contribution in [0.15, 0.2) is 63.8 Å². The molecule has 0 radical (unpaired) electrons. The summed E-state index contributed by atoms with van der Waals surface area (Å²) in [7, 11) is 0. The van der Waals surface area contributed by atoms with E-state index in [9.17, 15) is 14.9 Å². The summed E-state index contributed by atoms with van der Waals surface area (Å²) in [4.78, 5) is 25.9. The fourth-order valence-corrected chi connectivity index (χ4v) is 4.65. The summed E-state index contributed by atoms with van der Waals surface area (Å²) >= 11 is 6.01. The van der Waals surface area contributed by atoms with Gasteiger partial charge in [-0.2, -0.15) is 10.4 Å². The van der Waals surface area contributed by atoms with E-state index in [1.807, 2.05) is 38.1 Å². The maximum Gasteiger partial charge on any atom is 0.349 e. The molecule has 0 bridgehead atoms. The highest BCUT2D eigenvalue weighted by molar-refractivity contribution is 6.30. The number of rotatable bonds is 9. The van der Waals surface area contributed by atoms with Crippen molar-refractivity contribution in [3.05, 3.63) is 87.6 Å². The topological polar surface area (TPSA) is 101 Å². The molecule has 2 aromatic heterocycles. The number of hydrazone groups is 1. The van der Waals surface area contributed by atoms with E-state index in [1.54, 1.807) is 24.3 Å². The summed E-state index contributed by atoms with van der Waals surface area (Å²) in [5.41, 5.74) is 4.11. The molecule has 1 aromatic carbocycles. The van der Waals surface area contributed by atoms with E-state index in [1.165, 1.54) is 17.3 Å². The first-order chi connectivity index (χ1) is 18.7. The van der Waals surface area contributed by atoms with E-state index in [-0.39, 0.29) is 5.57 Å². The second-order valence-electron chi connectivity index (χ2n) is 9.93. The number of nitriles is 1. The van der Waals surface area contributed by atoms with E-state index < -0.39 is 24.5 Å². The molecule has 0 fully saturated rings. The Hall–Kier alpha value is -4.09. The number of ether oxygens (including phenoxy) is 1. The number of carbonyl (C=O) groups excluding carboxylic acids is 2. The van der Waals surface area contributed by atoms with Crippen LogP contribution in [0.25, 0.3) is 6.08 Å². The lowest BCUT2D eigenvalue weighted by Gasteiger charge is -2.19. The van der Waals surface area contributed by atoms with Crippen molar-refractivity contribution in [3.8, 4) is 6.07 Å². The van der Waals surface area contributed by atoms with Gasteiger partial charge in [0.15, 0.2) is 6.61 Å². The third-order valence-electron chi connectivity index (χ3n) is 6.72. The Kier molecular flexibility index (Phi) is 8.72. The molecular weight excluding hydrogens is 516 g/mol. The van der Waals surface area contributed by atoms with Crippen molar-refractivity contribution in [1.29, 1.82) is 5.26 Å². The summed E-state index contributed by atoms with van der Waals surface area (Å²) in [5.74, 6) is -0.277. The van der Waals surface area contributed by atoms with Crippen LogP contribution in [0.3, 0.4) is 0 Å². The third kappa shape index (κ3) is 6.50. The van der Waals surface area contributed by atoms with Crippen molar-refractivity contribution in [2.45, 2.75) is 53.1 Å². The molecule has 0 N–H and O–H groups in total. The molecule has 1 aliphatic heterocycles. The number of amides is 1. The van der Waals surface area contributed by atoms with Crippen molar-refractivity contribution in [2.75, 3.05) is 6.61 Å². The van der Waals surface area contributed by atoms with Gasteiger partial charge in [0.05, 0.1) is 12.0 Å². The summed E-state index contributed by atoms with van der Waals surface area (Å²) in [6.45, 7) is 8.58. The van der Waals surface area contributed by atoms with Crippen LogP contribution in [-0.2, 0) is 20.9 Å². The lowest BCUT2D eigenvalue weighted by Crippen LogP contribution is -2.31. The molecule has 0 saturated carbocycles. The van der Waals surface area contributed by atoms with Crippen LogP contribution in [0.5, 0.6) is 0 Å². The summed E-state index contributed by atoms with van der Waals surface area (Å²) in [6, 6.07) is 14.0.